The molecule has 92 valence electrons. The molecule has 3 heteroatoms. The molecule has 0 saturated heterocycles. The number of hydrogen-bond donors (Lipinski definition) is 1. The van der Waals surface area contributed by atoms with E-state index in [1.165, 1.54) is 6.07 Å². The van der Waals surface area contributed by atoms with Gasteiger partial charge in [-0.15, -0.1) is 0 Å². The summed E-state index contributed by atoms with van der Waals surface area (Å²) in [6.07, 6.45) is 0.676. The highest BCUT2D eigenvalue weighted by atomic mass is 19.1. The Bertz CT molecular complexity index is 536. The van der Waals surface area contributed by atoms with Crippen molar-refractivity contribution in [3.63, 3.8) is 0 Å². The first-order valence-electron chi connectivity index (χ1n) is 5.77. The van der Waals surface area contributed by atoms with Crippen molar-refractivity contribution in [1.29, 1.82) is 0 Å². The van der Waals surface area contributed by atoms with Crippen molar-refractivity contribution in [2.24, 2.45) is 0 Å². The summed E-state index contributed by atoms with van der Waals surface area (Å²) in [5.41, 5.74) is 2.40. The van der Waals surface area contributed by atoms with Crippen molar-refractivity contribution in [3.05, 3.63) is 59.9 Å². The van der Waals surface area contributed by atoms with Crippen molar-refractivity contribution >= 4 is 6.41 Å². The van der Waals surface area contributed by atoms with Gasteiger partial charge in [-0.3, -0.25) is 4.79 Å². The molecule has 0 heterocycles. The van der Waals surface area contributed by atoms with Crippen LogP contribution < -0.4 is 5.32 Å². The predicted molar refractivity (Wildman–Crippen MR) is 69.5 cm³/mol. The second-order valence-corrected chi connectivity index (χ2v) is 4.11. The molecule has 0 saturated carbocycles. The van der Waals surface area contributed by atoms with Crippen LogP contribution in [0.5, 0.6) is 0 Å². The standard InChI is InChI=1S/C15H14FNO/c1-11(17-10-18)12-6-8-13(9-7-12)14-4-2-3-5-15(14)16/h2-11H,1H3,(H,17,18). The summed E-state index contributed by atoms with van der Waals surface area (Å²) < 4.78 is 13.6. The molecule has 0 radical (unpaired) electrons. The van der Waals surface area contributed by atoms with Crippen LogP contribution in [0.2, 0.25) is 0 Å². The van der Waals surface area contributed by atoms with Crippen LogP contribution in [-0.2, 0) is 4.79 Å². The topological polar surface area (TPSA) is 29.1 Å². The molecule has 1 atom stereocenters. The highest BCUT2D eigenvalue weighted by Gasteiger charge is 2.06. The van der Waals surface area contributed by atoms with E-state index in [2.05, 4.69) is 5.32 Å². The van der Waals surface area contributed by atoms with E-state index in [-0.39, 0.29) is 11.9 Å². The fourth-order valence-electron chi connectivity index (χ4n) is 1.84. The molecule has 0 aliphatic rings. The van der Waals surface area contributed by atoms with Crippen LogP contribution in [0.25, 0.3) is 11.1 Å². The second kappa shape index (κ2) is 5.45. The van der Waals surface area contributed by atoms with Crippen LogP contribution in [0.3, 0.4) is 0 Å². The fourth-order valence-corrected chi connectivity index (χ4v) is 1.84. The molecule has 1 N–H and O–H groups in total. The summed E-state index contributed by atoms with van der Waals surface area (Å²) in [4.78, 5) is 10.4. The van der Waals surface area contributed by atoms with Gasteiger partial charge in [0.15, 0.2) is 0 Å². The van der Waals surface area contributed by atoms with Gasteiger partial charge in [-0.1, -0.05) is 42.5 Å². The Balaban J connectivity index is 2.28. The highest BCUT2D eigenvalue weighted by molar-refractivity contribution is 5.64. The number of benzene rings is 2. The Kier molecular flexibility index (Phi) is 3.72. The average Bonchev–Trinajstić information content (AvgIpc) is 2.40. The molecule has 18 heavy (non-hydrogen) atoms. The molecule has 0 bridgehead atoms. The van der Waals surface area contributed by atoms with Crippen LogP contribution in [0.15, 0.2) is 48.5 Å². The zero-order chi connectivity index (χ0) is 13.0. The molecule has 0 fully saturated rings. The smallest absolute Gasteiger partial charge is 0.207 e. The maximum absolute atomic E-state index is 13.6. The second-order valence-electron chi connectivity index (χ2n) is 4.11. The third kappa shape index (κ3) is 2.56. The Labute approximate surface area is 105 Å². The Morgan fingerprint density at radius 3 is 2.39 bits per heavy atom. The van der Waals surface area contributed by atoms with Crippen molar-refractivity contribution in [2.75, 3.05) is 0 Å². The highest BCUT2D eigenvalue weighted by Crippen LogP contribution is 2.24. The average molecular weight is 243 g/mol. The zero-order valence-electron chi connectivity index (χ0n) is 10.1. The summed E-state index contributed by atoms with van der Waals surface area (Å²) in [6.45, 7) is 1.90. The first-order chi connectivity index (χ1) is 8.72. The maximum Gasteiger partial charge on any atom is 0.207 e. The summed E-state index contributed by atoms with van der Waals surface area (Å²) in [7, 11) is 0. The zero-order valence-corrected chi connectivity index (χ0v) is 10.1. The third-order valence-electron chi connectivity index (χ3n) is 2.91. The van der Waals surface area contributed by atoms with Gasteiger partial charge in [-0.2, -0.15) is 0 Å². The van der Waals surface area contributed by atoms with Crippen LogP contribution >= 0.6 is 0 Å². The lowest BCUT2D eigenvalue weighted by molar-refractivity contribution is -0.110. The Morgan fingerprint density at radius 2 is 1.78 bits per heavy atom. The molecule has 0 spiro atoms. The van der Waals surface area contributed by atoms with Crippen LogP contribution in [-0.4, -0.2) is 6.41 Å². The quantitative estimate of drug-likeness (QED) is 0.820. The minimum absolute atomic E-state index is 0.0443. The summed E-state index contributed by atoms with van der Waals surface area (Å²) >= 11 is 0. The van der Waals surface area contributed by atoms with Crippen LogP contribution in [0.1, 0.15) is 18.5 Å². The van der Waals surface area contributed by atoms with E-state index in [4.69, 9.17) is 0 Å². The monoisotopic (exact) mass is 243 g/mol. The minimum Gasteiger partial charge on any atom is -0.352 e. The normalized spacial score (nSPS) is 11.9. The number of halogens is 1. The Hall–Kier alpha value is -2.16. The van der Waals surface area contributed by atoms with Crippen molar-refractivity contribution in [3.8, 4) is 11.1 Å². The van der Waals surface area contributed by atoms with Gasteiger partial charge >= 0.3 is 0 Å². The minimum atomic E-state index is -0.232. The van der Waals surface area contributed by atoms with E-state index in [0.29, 0.717) is 12.0 Å². The van der Waals surface area contributed by atoms with Gasteiger partial charge in [0, 0.05) is 5.56 Å². The molecular weight excluding hydrogens is 229 g/mol. The molecule has 2 aromatic rings. The predicted octanol–water partition coefficient (Wildman–Crippen LogP) is 3.30. The first kappa shape index (κ1) is 12.3. The number of amides is 1. The molecule has 0 aliphatic carbocycles. The summed E-state index contributed by atoms with van der Waals surface area (Å²) in [5, 5.41) is 2.68. The Morgan fingerprint density at radius 1 is 1.11 bits per heavy atom. The van der Waals surface area contributed by atoms with Gasteiger partial charge in [0.2, 0.25) is 6.41 Å². The van der Waals surface area contributed by atoms with Gasteiger partial charge in [-0.25, -0.2) is 4.39 Å². The first-order valence-corrected chi connectivity index (χ1v) is 5.77. The van der Waals surface area contributed by atoms with Gasteiger partial charge in [0.05, 0.1) is 6.04 Å². The maximum atomic E-state index is 13.6. The molecule has 2 rings (SSSR count). The van der Waals surface area contributed by atoms with E-state index < -0.39 is 0 Å². The fraction of sp³-hybridized carbons (Fsp3) is 0.133. The molecule has 2 nitrogen and oxygen atoms in total. The van der Waals surface area contributed by atoms with Gasteiger partial charge in [-0.05, 0) is 24.1 Å². The van der Waals surface area contributed by atoms with E-state index in [1.807, 2.05) is 37.3 Å². The van der Waals surface area contributed by atoms with Crippen molar-refractivity contribution < 1.29 is 9.18 Å². The summed E-state index contributed by atoms with van der Waals surface area (Å²) in [6, 6.07) is 14.1. The van der Waals surface area contributed by atoms with Crippen LogP contribution in [0.4, 0.5) is 4.39 Å². The third-order valence-corrected chi connectivity index (χ3v) is 2.91. The van der Waals surface area contributed by atoms with Crippen LogP contribution in [0, 0.1) is 5.82 Å². The summed E-state index contributed by atoms with van der Waals surface area (Å²) in [5.74, 6) is -0.232. The van der Waals surface area contributed by atoms with E-state index >= 15 is 0 Å². The lowest BCUT2D eigenvalue weighted by atomic mass is 10.0. The molecule has 0 aromatic heterocycles. The largest absolute Gasteiger partial charge is 0.352 e. The number of hydrogen-bond acceptors (Lipinski definition) is 1. The van der Waals surface area contributed by atoms with Gasteiger partial charge < -0.3 is 5.32 Å². The number of carbonyl (C=O) groups excluding carboxylic acids is 1. The number of carbonyl (C=O) groups is 1. The lowest BCUT2D eigenvalue weighted by Crippen LogP contribution is -2.15. The van der Waals surface area contributed by atoms with Crippen molar-refractivity contribution in [2.45, 2.75) is 13.0 Å². The number of rotatable bonds is 4. The van der Waals surface area contributed by atoms with E-state index in [0.717, 1.165) is 11.1 Å². The van der Waals surface area contributed by atoms with E-state index in [9.17, 15) is 9.18 Å². The molecular formula is C15H14FNO. The van der Waals surface area contributed by atoms with Gasteiger partial charge in [0.25, 0.3) is 0 Å². The SMILES string of the molecule is CC(NC=O)c1ccc(-c2ccccc2F)cc1. The van der Waals surface area contributed by atoms with Crippen molar-refractivity contribution in [1.82, 2.24) is 5.32 Å². The molecule has 0 aliphatic heterocycles. The molecule has 1 amide bonds. The molecule has 1 unspecified atom stereocenters. The number of nitrogens with one attached hydrogen (secondary N) is 1. The van der Waals surface area contributed by atoms with Gasteiger partial charge in [0.1, 0.15) is 5.82 Å². The van der Waals surface area contributed by atoms with E-state index in [1.54, 1.807) is 12.1 Å². The lowest BCUT2D eigenvalue weighted by Gasteiger charge is -2.11. The molecule has 2 aromatic carbocycles.